The summed E-state index contributed by atoms with van der Waals surface area (Å²) in [6.45, 7) is 0.501. The fraction of sp³-hybridized carbons (Fsp3) is 0.211. The molecule has 4 rings (SSSR count). The van der Waals surface area contributed by atoms with Crippen molar-refractivity contribution in [3.05, 3.63) is 58.1 Å². The molecule has 0 aliphatic carbocycles. The molecule has 2 amide bonds. The van der Waals surface area contributed by atoms with Gasteiger partial charge in [0.25, 0.3) is 5.91 Å². The van der Waals surface area contributed by atoms with Crippen LogP contribution in [0.25, 0.3) is 11.0 Å². The van der Waals surface area contributed by atoms with E-state index in [2.05, 4.69) is 15.3 Å². The monoisotopic (exact) mass is 402 g/mol. The van der Waals surface area contributed by atoms with E-state index in [1.165, 1.54) is 0 Å². The van der Waals surface area contributed by atoms with E-state index < -0.39 is 6.04 Å². The van der Waals surface area contributed by atoms with E-state index in [9.17, 15) is 9.59 Å². The van der Waals surface area contributed by atoms with Gasteiger partial charge in [-0.2, -0.15) is 0 Å². The number of H-pyrrole nitrogens is 1. The Labute approximate surface area is 165 Å². The third-order valence-corrected chi connectivity index (χ3v) is 4.99. The number of imidazole rings is 1. The molecule has 1 aromatic heterocycles. The lowest BCUT2D eigenvalue weighted by molar-refractivity contribution is -0.119. The Hall–Kier alpha value is -2.57. The van der Waals surface area contributed by atoms with Gasteiger partial charge in [-0.15, -0.1) is 0 Å². The van der Waals surface area contributed by atoms with Gasteiger partial charge in [0, 0.05) is 22.2 Å². The Balaban J connectivity index is 1.53. The van der Waals surface area contributed by atoms with Crippen LogP contribution < -0.4 is 5.32 Å². The minimum absolute atomic E-state index is 0.262. The molecule has 1 fully saturated rings. The highest BCUT2D eigenvalue weighted by Crippen LogP contribution is 2.25. The lowest BCUT2D eigenvalue weighted by Gasteiger charge is -2.23. The number of anilines is 1. The molecule has 0 unspecified atom stereocenters. The van der Waals surface area contributed by atoms with E-state index in [1.54, 1.807) is 23.1 Å². The summed E-state index contributed by atoms with van der Waals surface area (Å²) < 4.78 is 0. The zero-order valence-corrected chi connectivity index (χ0v) is 15.7. The first-order chi connectivity index (χ1) is 13.0. The molecule has 0 bridgehead atoms. The summed E-state index contributed by atoms with van der Waals surface area (Å²) in [6.07, 6.45) is 1.34. The number of para-hydroxylation sites is 2. The minimum atomic E-state index is -0.566. The molecule has 0 spiro atoms. The number of amides is 2. The highest BCUT2D eigenvalue weighted by atomic mass is 35.5. The van der Waals surface area contributed by atoms with Crippen molar-refractivity contribution in [2.75, 3.05) is 11.9 Å². The van der Waals surface area contributed by atoms with Crippen molar-refractivity contribution in [2.24, 2.45) is 0 Å². The molecule has 1 aliphatic heterocycles. The van der Waals surface area contributed by atoms with E-state index in [1.807, 2.05) is 24.3 Å². The van der Waals surface area contributed by atoms with Crippen LogP contribution in [0.2, 0.25) is 10.0 Å². The summed E-state index contributed by atoms with van der Waals surface area (Å²) in [5.74, 6) is -0.166. The molecule has 8 heteroatoms. The number of fused-ring (bicyclic) bond motifs is 1. The molecule has 0 saturated carbocycles. The van der Waals surface area contributed by atoms with E-state index in [-0.39, 0.29) is 11.8 Å². The Kier molecular flexibility index (Phi) is 4.76. The van der Waals surface area contributed by atoms with Gasteiger partial charge in [0.15, 0.2) is 0 Å². The molecule has 1 atom stereocenters. The minimum Gasteiger partial charge on any atom is -0.327 e. The molecule has 138 valence electrons. The Morgan fingerprint density at radius 2 is 1.89 bits per heavy atom. The van der Waals surface area contributed by atoms with Crippen LogP contribution in [0.15, 0.2) is 42.5 Å². The van der Waals surface area contributed by atoms with Gasteiger partial charge in [-0.05, 0) is 43.2 Å². The van der Waals surface area contributed by atoms with Crippen LogP contribution >= 0.6 is 23.2 Å². The van der Waals surface area contributed by atoms with Gasteiger partial charge < -0.3 is 9.88 Å². The van der Waals surface area contributed by atoms with Crippen LogP contribution in [-0.4, -0.2) is 39.3 Å². The normalized spacial score (nSPS) is 16.7. The van der Waals surface area contributed by atoms with Gasteiger partial charge in [0.1, 0.15) is 6.04 Å². The smallest absolute Gasteiger partial charge is 0.254 e. The molecule has 1 aliphatic rings. The fourth-order valence-electron chi connectivity index (χ4n) is 3.34. The standard InChI is InChI=1S/C19H16Cl2N4O2/c20-12-8-11(9-13(21)10-12)18(27)25-7-3-6-16(25)17(26)24-19-22-14-4-1-2-5-15(14)23-19/h1-2,4-5,8-10,16H,3,6-7H2,(H2,22,23,24,26)/t16-/m1/s1. The molecule has 3 aromatic rings. The van der Waals surface area contributed by atoms with Crippen LogP contribution in [0.4, 0.5) is 5.95 Å². The number of aromatic nitrogens is 2. The summed E-state index contributed by atoms with van der Waals surface area (Å²) in [4.78, 5) is 34.6. The maximum Gasteiger partial charge on any atom is 0.254 e. The number of nitrogens with one attached hydrogen (secondary N) is 2. The Morgan fingerprint density at radius 1 is 1.15 bits per heavy atom. The van der Waals surface area contributed by atoms with Crippen molar-refractivity contribution in [3.63, 3.8) is 0 Å². The molecule has 0 radical (unpaired) electrons. The van der Waals surface area contributed by atoms with Crippen molar-refractivity contribution in [2.45, 2.75) is 18.9 Å². The third kappa shape index (κ3) is 3.63. The molecular formula is C19H16Cl2N4O2. The quantitative estimate of drug-likeness (QED) is 0.691. The van der Waals surface area contributed by atoms with Crippen molar-refractivity contribution in [3.8, 4) is 0 Å². The fourth-order valence-corrected chi connectivity index (χ4v) is 3.86. The summed E-state index contributed by atoms with van der Waals surface area (Å²) in [5, 5.41) is 3.55. The lowest BCUT2D eigenvalue weighted by Crippen LogP contribution is -2.43. The van der Waals surface area contributed by atoms with Gasteiger partial charge in [-0.25, -0.2) is 4.98 Å². The van der Waals surface area contributed by atoms with Gasteiger partial charge in [0.05, 0.1) is 11.0 Å². The first kappa shape index (κ1) is 17.8. The number of carbonyl (C=O) groups excluding carboxylic acids is 2. The Morgan fingerprint density at radius 3 is 2.63 bits per heavy atom. The molecule has 27 heavy (non-hydrogen) atoms. The first-order valence-corrected chi connectivity index (χ1v) is 9.29. The number of halogens is 2. The topological polar surface area (TPSA) is 78.1 Å². The van der Waals surface area contributed by atoms with Crippen molar-refractivity contribution in [1.29, 1.82) is 0 Å². The van der Waals surface area contributed by atoms with Crippen LogP contribution in [0.5, 0.6) is 0 Å². The second kappa shape index (κ2) is 7.21. The molecule has 1 saturated heterocycles. The van der Waals surface area contributed by atoms with Crippen molar-refractivity contribution < 1.29 is 9.59 Å². The van der Waals surface area contributed by atoms with E-state index >= 15 is 0 Å². The SMILES string of the molecule is O=C(Nc1nc2ccccc2[nH]1)[C@H]1CCCN1C(=O)c1cc(Cl)cc(Cl)c1. The van der Waals surface area contributed by atoms with Crippen molar-refractivity contribution >= 4 is 52.0 Å². The summed E-state index contributed by atoms with van der Waals surface area (Å²) >= 11 is 12.0. The van der Waals surface area contributed by atoms with Crippen LogP contribution in [0.3, 0.4) is 0 Å². The summed E-state index contributed by atoms with van der Waals surface area (Å²) in [6, 6.07) is 11.6. The number of aromatic amines is 1. The number of likely N-dealkylation sites (tertiary alicyclic amines) is 1. The molecule has 2 aromatic carbocycles. The largest absolute Gasteiger partial charge is 0.327 e. The molecule has 2 N–H and O–H groups in total. The van der Waals surface area contributed by atoms with Crippen LogP contribution in [-0.2, 0) is 4.79 Å². The third-order valence-electron chi connectivity index (χ3n) is 4.56. The first-order valence-electron chi connectivity index (χ1n) is 8.54. The van der Waals surface area contributed by atoms with E-state index in [4.69, 9.17) is 23.2 Å². The number of nitrogens with zero attached hydrogens (tertiary/aromatic N) is 2. The lowest BCUT2D eigenvalue weighted by atomic mass is 10.1. The summed E-state index contributed by atoms with van der Waals surface area (Å²) in [7, 11) is 0. The van der Waals surface area contributed by atoms with Crippen molar-refractivity contribution in [1.82, 2.24) is 14.9 Å². The summed E-state index contributed by atoms with van der Waals surface area (Å²) in [5.41, 5.74) is 1.97. The highest BCUT2D eigenvalue weighted by Gasteiger charge is 2.35. The highest BCUT2D eigenvalue weighted by molar-refractivity contribution is 6.35. The predicted molar refractivity (Wildman–Crippen MR) is 105 cm³/mol. The number of rotatable bonds is 3. The zero-order chi connectivity index (χ0) is 19.0. The Bertz CT molecular complexity index is 980. The second-order valence-electron chi connectivity index (χ2n) is 6.41. The number of benzene rings is 2. The number of hydrogen-bond acceptors (Lipinski definition) is 3. The van der Waals surface area contributed by atoms with Gasteiger partial charge in [-0.1, -0.05) is 35.3 Å². The van der Waals surface area contributed by atoms with Gasteiger partial charge in [-0.3, -0.25) is 14.9 Å². The average molecular weight is 403 g/mol. The van der Waals surface area contributed by atoms with Crippen LogP contribution in [0, 0.1) is 0 Å². The number of carbonyl (C=O) groups is 2. The molecule has 6 nitrogen and oxygen atoms in total. The molecular weight excluding hydrogens is 387 g/mol. The number of hydrogen-bond donors (Lipinski definition) is 2. The van der Waals surface area contributed by atoms with Gasteiger partial charge >= 0.3 is 0 Å². The maximum atomic E-state index is 12.9. The predicted octanol–water partition coefficient (Wildman–Crippen LogP) is 4.11. The molecule has 2 heterocycles. The average Bonchev–Trinajstić information content (AvgIpc) is 3.26. The van der Waals surface area contributed by atoms with E-state index in [0.29, 0.717) is 34.5 Å². The van der Waals surface area contributed by atoms with Gasteiger partial charge in [0.2, 0.25) is 11.9 Å². The maximum absolute atomic E-state index is 12.9. The van der Waals surface area contributed by atoms with E-state index in [0.717, 1.165) is 17.5 Å². The second-order valence-corrected chi connectivity index (χ2v) is 7.28. The van der Waals surface area contributed by atoms with Crippen LogP contribution in [0.1, 0.15) is 23.2 Å². The zero-order valence-electron chi connectivity index (χ0n) is 14.2.